The van der Waals surface area contributed by atoms with Gasteiger partial charge in [-0.15, -0.1) is 0 Å². The molecule has 21 heavy (non-hydrogen) atoms. The van der Waals surface area contributed by atoms with Crippen LogP contribution in [0.25, 0.3) is 5.69 Å². The van der Waals surface area contributed by atoms with Crippen LogP contribution in [-0.4, -0.2) is 44.9 Å². The van der Waals surface area contributed by atoms with Crippen molar-refractivity contribution in [3.05, 3.63) is 42.2 Å². The number of likely N-dealkylation sites (tertiary alicyclic amines) is 1. The molecule has 1 aliphatic rings. The molecule has 1 aromatic carbocycles. The lowest BCUT2D eigenvalue weighted by Crippen LogP contribution is -2.42. The summed E-state index contributed by atoms with van der Waals surface area (Å²) < 4.78 is 1.63. The van der Waals surface area contributed by atoms with E-state index in [1.165, 1.54) is 0 Å². The fourth-order valence-electron chi connectivity index (χ4n) is 2.55. The van der Waals surface area contributed by atoms with Gasteiger partial charge in [0, 0.05) is 25.0 Å². The number of carbonyl (C=O) groups is 1. The Morgan fingerprint density at radius 2 is 2.24 bits per heavy atom. The second-order valence-corrected chi connectivity index (χ2v) is 5.29. The zero-order valence-corrected chi connectivity index (χ0v) is 11.6. The highest BCUT2D eigenvalue weighted by molar-refractivity contribution is 5.92. The van der Waals surface area contributed by atoms with Crippen molar-refractivity contribution in [1.82, 2.24) is 14.7 Å². The van der Waals surface area contributed by atoms with Crippen LogP contribution in [0.3, 0.4) is 0 Å². The molecule has 0 bridgehead atoms. The summed E-state index contributed by atoms with van der Waals surface area (Å²) in [5, 5.41) is 14.0. The van der Waals surface area contributed by atoms with Crippen LogP contribution in [0.2, 0.25) is 0 Å². The van der Waals surface area contributed by atoms with E-state index in [1.807, 2.05) is 12.1 Å². The second kappa shape index (κ2) is 5.57. The SMILES string of the molecule is Nc1cccc(-n2ccc(C(=O)N3CCC[C@H](O)C3)n2)c1. The molecule has 1 atom stereocenters. The first kappa shape index (κ1) is 13.6. The number of piperidine rings is 1. The van der Waals surface area contributed by atoms with Gasteiger partial charge in [0.15, 0.2) is 5.69 Å². The summed E-state index contributed by atoms with van der Waals surface area (Å²) in [6.07, 6.45) is 2.88. The third kappa shape index (κ3) is 2.90. The Kier molecular flexibility index (Phi) is 3.62. The summed E-state index contributed by atoms with van der Waals surface area (Å²) in [6, 6.07) is 9.00. The van der Waals surface area contributed by atoms with E-state index in [0.29, 0.717) is 24.5 Å². The highest BCUT2D eigenvalue weighted by Crippen LogP contribution is 2.15. The number of nitrogens with two attached hydrogens (primary N) is 1. The predicted octanol–water partition coefficient (Wildman–Crippen LogP) is 1.05. The van der Waals surface area contributed by atoms with Gasteiger partial charge in [0.25, 0.3) is 5.91 Å². The van der Waals surface area contributed by atoms with Crippen molar-refractivity contribution in [3.8, 4) is 5.69 Å². The Morgan fingerprint density at radius 3 is 3.00 bits per heavy atom. The average Bonchev–Trinajstić information content (AvgIpc) is 2.96. The van der Waals surface area contributed by atoms with E-state index in [9.17, 15) is 9.90 Å². The third-order valence-corrected chi connectivity index (χ3v) is 3.63. The molecular formula is C15H18N4O2. The molecule has 1 saturated heterocycles. The van der Waals surface area contributed by atoms with Crippen LogP contribution in [0.5, 0.6) is 0 Å². The number of rotatable bonds is 2. The van der Waals surface area contributed by atoms with Crippen molar-refractivity contribution in [2.75, 3.05) is 18.8 Å². The van der Waals surface area contributed by atoms with Gasteiger partial charge in [0.2, 0.25) is 0 Å². The number of benzene rings is 1. The number of carbonyl (C=O) groups excluding carboxylic acids is 1. The summed E-state index contributed by atoms with van der Waals surface area (Å²) >= 11 is 0. The van der Waals surface area contributed by atoms with Crippen molar-refractivity contribution in [1.29, 1.82) is 0 Å². The number of aromatic nitrogens is 2. The van der Waals surface area contributed by atoms with Gasteiger partial charge in [-0.3, -0.25) is 4.79 Å². The Bertz CT molecular complexity index is 653. The zero-order valence-electron chi connectivity index (χ0n) is 11.6. The first-order chi connectivity index (χ1) is 10.1. The number of nitrogen functional groups attached to an aromatic ring is 1. The average molecular weight is 286 g/mol. The molecule has 0 saturated carbocycles. The molecule has 6 heteroatoms. The second-order valence-electron chi connectivity index (χ2n) is 5.29. The number of aliphatic hydroxyl groups excluding tert-OH is 1. The van der Waals surface area contributed by atoms with E-state index in [0.717, 1.165) is 18.5 Å². The molecule has 2 heterocycles. The Hall–Kier alpha value is -2.34. The van der Waals surface area contributed by atoms with E-state index in [1.54, 1.807) is 34.0 Å². The van der Waals surface area contributed by atoms with E-state index < -0.39 is 6.10 Å². The molecule has 6 nitrogen and oxygen atoms in total. The molecular weight excluding hydrogens is 268 g/mol. The lowest BCUT2D eigenvalue weighted by molar-refractivity contribution is 0.0468. The maximum Gasteiger partial charge on any atom is 0.274 e. The minimum absolute atomic E-state index is 0.142. The summed E-state index contributed by atoms with van der Waals surface area (Å²) in [5.41, 5.74) is 7.59. The molecule has 3 N–H and O–H groups in total. The van der Waals surface area contributed by atoms with Crippen LogP contribution in [-0.2, 0) is 0 Å². The standard InChI is InChI=1S/C15H18N4O2/c16-11-3-1-4-12(9-11)19-8-6-14(17-19)15(21)18-7-2-5-13(20)10-18/h1,3-4,6,8-9,13,20H,2,5,7,10,16H2/t13-/m0/s1. The third-order valence-electron chi connectivity index (χ3n) is 3.63. The van der Waals surface area contributed by atoms with Crippen LogP contribution in [0.4, 0.5) is 5.69 Å². The van der Waals surface area contributed by atoms with Gasteiger partial charge in [0.05, 0.1) is 11.8 Å². The van der Waals surface area contributed by atoms with Crippen LogP contribution >= 0.6 is 0 Å². The largest absolute Gasteiger partial charge is 0.399 e. The van der Waals surface area contributed by atoms with Gasteiger partial charge in [-0.05, 0) is 37.1 Å². The van der Waals surface area contributed by atoms with Gasteiger partial charge in [0.1, 0.15) is 0 Å². The predicted molar refractivity (Wildman–Crippen MR) is 79.1 cm³/mol. The monoisotopic (exact) mass is 286 g/mol. The zero-order chi connectivity index (χ0) is 14.8. The maximum absolute atomic E-state index is 12.4. The smallest absolute Gasteiger partial charge is 0.274 e. The molecule has 0 unspecified atom stereocenters. The van der Waals surface area contributed by atoms with Crippen molar-refractivity contribution < 1.29 is 9.90 Å². The highest BCUT2D eigenvalue weighted by atomic mass is 16.3. The number of hydrogen-bond donors (Lipinski definition) is 2. The first-order valence-electron chi connectivity index (χ1n) is 7.02. The minimum Gasteiger partial charge on any atom is -0.399 e. The fourth-order valence-corrected chi connectivity index (χ4v) is 2.55. The number of amides is 1. The van der Waals surface area contributed by atoms with E-state index in [2.05, 4.69) is 5.10 Å². The van der Waals surface area contributed by atoms with Crippen molar-refractivity contribution in [2.45, 2.75) is 18.9 Å². The maximum atomic E-state index is 12.4. The van der Waals surface area contributed by atoms with Crippen LogP contribution in [0.15, 0.2) is 36.5 Å². The fraction of sp³-hybridized carbons (Fsp3) is 0.333. The number of β-amino-alcohol motifs (C(OH)–C–C–N with tert-alkyl or cyclic N) is 1. The molecule has 2 aromatic rings. The Labute approximate surface area is 122 Å². The topological polar surface area (TPSA) is 84.4 Å². The van der Waals surface area contributed by atoms with E-state index in [4.69, 9.17) is 5.73 Å². The van der Waals surface area contributed by atoms with Gasteiger partial charge in [-0.25, -0.2) is 4.68 Å². The van der Waals surface area contributed by atoms with Crippen molar-refractivity contribution in [3.63, 3.8) is 0 Å². The quantitative estimate of drug-likeness (QED) is 0.808. The Morgan fingerprint density at radius 1 is 1.38 bits per heavy atom. The summed E-state index contributed by atoms with van der Waals surface area (Å²) in [5.74, 6) is -0.142. The van der Waals surface area contributed by atoms with E-state index >= 15 is 0 Å². The van der Waals surface area contributed by atoms with Gasteiger partial charge >= 0.3 is 0 Å². The first-order valence-corrected chi connectivity index (χ1v) is 7.02. The number of hydrogen-bond acceptors (Lipinski definition) is 4. The van der Waals surface area contributed by atoms with Crippen LogP contribution in [0.1, 0.15) is 23.3 Å². The lowest BCUT2D eigenvalue weighted by Gasteiger charge is -2.29. The van der Waals surface area contributed by atoms with Crippen LogP contribution < -0.4 is 5.73 Å². The molecule has 110 valence electrons. The van der Waals surface area contributed by atoms with Crippen LogP contribution in [0, 0.1) is 0 Å². The molecule has 0 radical (unpaired) electrons. The molecule has 1 aliphatic heterocycles. The number of nitrogens with zero attached hydrogens (tertiary/aromatic N) is 3. The molecule has 0 aliphatic carbocycles. The summed E-state index contributed by atoms with van der Waals surface area (Å²) in [6.45, 7) is 1.05. The Balaban J connectivity index is 1.80. The summed E-state index contributed by atoms with van der Waals surface area (Å²) in [4.78, 5) is 14.0. The normalized spacial score (nSPS) is 18.7. The van der Waals surface area contributed by atoms with Gasteiger partial charge < -0.3 is 15.7 Å². The molecule has 1 amide bonds. The van der Waals surface area contributed by atoms with Crippen molar-refractivity contribution in [2.24, 2.45) is 0 Å². The van der Waals surface area contributed by atoms with E-state index in [-0.39, 0.29) is 5.91 Å². The van der Waals surface area contributed by atoms with Gasteiger partial charge in [-0.2, -0.15) is 5.10 Å². The van der Waals surface area contributed by atoms with Crippen molar-refractivity contribution >= 4 is 11.6 Å². The number of aliphatic hydroxyl groups is 1. The molecule has 0 spiro atoms. The molecule has 1 fully saturated rings. The molecule has 3 rings (SSSR count). The molecule has 1 aromatic heterocycles. The van der Waals surface area contributed by atoms with Gasteiger partial charge in [-0.1, -0.05) is 6.07 Å². The minimum atomic E-state index is -0.432. The highest BCUT2D eigenvalue weighted by Gasteiger charge is 2.24. The lowest BCUT2D eigenvalue weighted by atomic mass is 10.1. The summed E-state index contributed by atoms with van der Waals surface area (Å²) in [7, 11) is 0. The number of anilines is 1.